The van der Waals surface area contributed by atoms with Crippen LogP contribution in [0.3, 0.4) is 0 Å². The molecular formula is C24H22FN7. The highest BCUT2D eigenvalue weighted by molar-refractivity contribution is 5.82. The normalized spacial score (nSPS) is 11.4. The minimum atomic E-state index is -0.352. The minimum Gasteiger partial charge on any atom is -0.281 e. The molecule has 8 heteroatoms. The topological polar surface area (TPSA) is 85.2 Å². The summed E-state index contributed by atoms with van der Waals surface area (Å²) in [6.45, 7) is 8.31. The van der Waals surface area contributed by atoms with E-state index in [9.17, 15) is 4.39 Å². The number of H-pyrrole nitrogens is 1. The molecule has 0 saturated carbocycles. The molecule has 5 aromatic rings. The summed E-state index contributed by atoms with van der Waals surface area (Å²) in [7, 11) is 0. The molecule has 0 atom stereocenters. The number of imidazole rings is 1. The average molecular weight is 427 g/mol. The van der Waals surface area contributed by atoms with Crippen LogP contribution in [0.4, 0.5) is 4.39 Å². The van der Waals surface area contributed by atoms with Gasteiger partial charge in [-0.25, -0.2) is 14.4 Å². The van der Waals surface area contributed by atoms with Gasteiger partial charge in [0.2, 0.25) is 5.82 Å². The first-order chi connectivity index (χ1) is 15.5. The third-order valence-electron chi connectivity index (χ3n) is 5.98. The monoisotopic (exact) mass is 427 g/mol. The number of aromatic nitrogens is 7. The first-order valence-electron chi connectivity index (χ1n) is 10.5. The lowest BCUT2D eigenvalue weighted by atomic mass is 9.99. The maximum absolute atomic E-state index is 13.9. The Labute approximate surface area is 184 Å². The zero-order valence-electron chi connectivity index (χ0n) is 18.3. The number of fused-ring (bicyclic) bond motifs is 1. The maximum Gasteiger partial charge on any atom is 0.205 e. The van der Waals surface area contributed by atoms with E-state index in [0.717, 1.165) is 51.5 Å². The van der Waals surface area contributed by atoms with Crippen LogP contribution in [0.25, 0.3) is 39.4 Å². The Balaban J connectivity index is 1.64. The number of halogens is 1. The van der Waals surface area contributed by atoms with Gasteiger partial charge in [0.15, 0.2) is 5.65 Å². The van der Waals surface area contributed by atoms with Crippen molar-refractivity contribution in [2.24, 2.45) is 0 Å². The predicted molar refractivity (Wildman–Crippen MR) is 121 cm³/mol. The van der Waals surface area contributed by atoms with Gasteiger partial charge in [0, 0.05) is 23.4 Å². The summed E-state index contributed by atoms with van der Waals surface area (Å²) >= 11 is 0. The second-order valence-electron chi connectivity index (χ2n) is 7.81. The Bertz CT molecular complexity index is 1430. The van der Waals surface area contributed by atoms with Crippen molar-refractivity contribution in [3.63, 3.8) is 0 Å². The fourth-order valence-corrected chi connectivity index (χ4v) is 4.03. The van der Waals surface area contributed by atoms with Gasteiger partial charge < -0.3 is 0 Å². The summed E-state index contributed by atoms with van der Waals surface area (Å²) < 4.78 is 16.0. The fraction of sp³-hybridized carbons (Fsp3) is 0.208. The number of hydrogen-bond donors (Lipinski definition) is 1. The SMILES string of the molecule is CCc1nc2c(C)c(C)c(C)nc2n1-c1ccc(-c2ccc(F)cc2-c2nn[nH]n2)cc1. The highest BCUT2D eigenvalue weighted by atomic mass is 19.1. The van der Waals surface area contributed by atoms with Crippen molar-refractivity contribution in [1.29, 1.82) is 0 Å². The van der Waals surface area contributed by atoms with Crippen LogP contribution in [0.5, 0.6) is 0 Å². The molecule has 160 valence electrons. The van der Waals surface area contributed by atoms with Gasteiger partial charge in [-0.1, -0.05) is 25.1 Å². The molecule has 0 radical (unpaired) electrons. The fourth-order valence-electron chi connectivity index (χ4n) is 4.03. The Morgan fingerprint density at radius 1 is 0.938 bits per heavy atom. The number of nitrogens with zero attached hydrogens (tertiary/aromatic N) is 6. The molecule has 0 amide bonds. The van der Waals surface area contributed by atoms with Crippen molar-refractivity contribution in [3.05, 3.63) is 70.9 Å². The third kappa shape index (κ3) is 3.15. The molecule has 7 nitrogen and oxygen atoms in total. The van der Waals surface area contributed by atoms with Crippen molar-refractivity contribution in [2.45, 2.75) is 34.1 Å². The van der Waals surface area contributed by atoms with Crippen molar-refractivity contribution >= 4 is 11.2 Å². The van der Waals surface area contributed by atoms with E-state index in [1.54, 1.807) is 6.07 Å². The van der Waals surface area contributed by atoms with Gasteiger partial charge in [0.1, 0.15) is 17.2 Å². The molecule has 3 aromatic heterocycles. The lowest BCUT2D eigenvalue weighted by molar-refractivity contribution is 0.628. The molecule has 0 fully saturated rings. The van der Waals surface area contributed by atoms with E-state index in [2.05, 4.69) is 46.0 Å². The zero-order chi connectivity index (χ0) is 22.4. The first kappa shape index (κ1) is 20.0. The molecule has 0 aliphatic heterocycles. The summed E-state index contributed by atoms with van der Waals surface area (Å²) in [5.74, 6) is 0.959. The first-order valence-corrected chi connectivity index (χ1v) is 10.5. The van der Waals surface area contributed by atoms with Gasteiger partial charge in [0.25, 0.3) is 0 Å². The molecule has 5 rings (SSSR count). The van der Waals surface area contributed by atoms with Gasteiger partial charge in [-0.2, -0.15) is 5.21 Å². The highest BCUT2D eigenvalue weighted by Crippen LogP contribution is 2.32. The Kier molecular flexibility index (Phi) is 4.77. The van der Waals surface area contributed by atoms with E-state index in [1.165, 1.54) is 17.7 Å². The van der Waals surface area contributed by atoms with E-state index in [1.807, 2.05) is 31.2 Å². The van der Waals surface area contributed by atoms with Crippen molar-refractivity contribution < 1.29 is 4.39 Å². The van der Waals surface area contributed by atoms with E-state index >= 15 is 0 Å². The summed E-state index contributed by atoms with van der Waals surface area (Å²) in [5, 5.41) is 14.1. The van der Waals surface area contributed by atoms with Crippen molar-refractivity contribution in [1.82, 2.24) is 35.2 Å². The van der Waals surface area contributed by atoms with E-state index in [-0.39, 0.29) is 5.82 Å². The van der Waals surface area contributed by atoms with Gasteiger partial charge in [-0.15, -0.1) is 10.2 Å². The summed E-state index contributed by atoms with van der Waals surface area (Å²) in [5.41, 5.74) is 8.45. The predicted octanol–water partition coefficient (Wildman–Crippen LogP) is 4.89. The summed E-state index contributed by atoms with van der Waals surface area (Å²) in [4.78, 5) is 9.73. The van der Waals surface area contributed by atoms with Gasteiger partial charge in [-0.3, -0.25) is 4.57 Å². The highest BCUT2D eigenvalue weighted by Gasteiger charge is 2.18. The van der Waals surface area contributed by atoms with Crippen LogP contribution >= 0.6 is 0 Å². The smallest absolute Gasteiger partial charge is 0.205 e. The van der Waals surface area contributed by atoms with E-state index < -0.39 is 0 Å². The molecule has 3 heterocycles. The number of hydrogen-bond acceptors (Lipinski definition) is 5. The molecule has 1 N–H and O–H groups in total. The largest absolute Gasteiger partial charge is 0.281 e. The molecule has 0 aliphatic carbocycles. The van der Waals surface area contributed by atoms with E-state index in [4.69, 9.17) is 9.97 Å². The van der Waals surface area contributed by atoms with Gasteiger partial charge in [-0.05, 0) is 72.5 Å². The van der Waals surface area contributed by atoms with Crippen molar-refractivity contribution in [3.8, 4) is 28.2 Å². The number of aromatic amines is 1. The second-order valence-corrected chi connectivity index (χ2v) is 7.81. The molecule has 0 saturated heterocycles. The van der Waals surface area contributed by atoms with Crippen molar-refractivity contribution in [2.75, 3.05) is 0 Å². The summed E-state index contributed by atoms with van der Waals surface area (Å²) in [6, 6.07) is 12.7. The maximum atomic E-state index is 13.9. The Hall–Kier alpha value is -3.94. The van der Waals surface area contributed by atoms with Crippen LogP contribution in [-0.4, -0.2) is 35.2 Å². The number of pyridine rings is 1. The van der Waals surface area contributed by atoms with Crippen LogP contribution in [0.2, 0.25) is 0 Å². The van der Waals surface area contributed by atoms with E-state index in [0.29, 0.717) is 11.4 Å². The Morgan fingerprint density at radius 3 is 2.41 bits per heavy atom. The number of rotatable bonds is 4. The standard InChI is InChI=1S/C24H22FN7/c1-5-21-27-22-14(3)13(2)15(4)26-24(22)32(21)18-9-6-16(7-10-18)19-11-8-17(25)12-20(19)23-28-30-31-29-23/h6-12H,5H2,1-4H3,(H,28,29,30,31). The number of nitrogens with one attached hydrogen (secondary N) is 1. The number of benzene rings is 2. The zero-order valence-corrected chi connectivity index (χ0v) is 18.3. The molecule has 0 bridgehead atoms. The number of aryl methyl sites for hydroxylation is 3. The molecule has 0 spiro atoms. The average Bonchev–Trinajstić information content (AvgIpc) is 3.46. The van der Waals surface area contributed by atoms with Gasteiger partial charge in [0.05, 0.1) is 0 Å². The van der Waals surface area contributed by atoms with Crippen LogP contribution in [0.1, 0.15) is 29.6 Å². The van der Waals surface area contributed by atoms with Crippen LogP contribution < -0.4 is 0 Å². The second kappa shape index (κ2) is 7.64. The lowest BCUT2D eigenvalue weighted by Crippen LogP contribution is -2.02. The quantitative estimate of drug-likeness (QED) is 0.441. The summed E-state index contributed by atoms with van der Waals surface area (Å²) in [6.07, 6.45) is 0.787. The molecule has 0 aliphatic rings. The molecular weight excluding hydrogens is 405 g/mol. The third-order valence-corrected chi connectivity index (χ3v) is 5.98. The van der Waals surface area contributed by atoms with Crippen LogP contribution in [0.15, 0.2) is 42.5 Å². The molecule has 0 unspecified atom stereocenters. The molecule has 32 heavy (non-hydrogen) atoms. The lowest BCUT2D eigenvalue weighted by Gasteiger charge is -2.12. The van der Waals surface area contributed by atoms with Gasteiger partial charge >= 0.3 is 0 Å². The Morgan fingerprint density at radius 2 is 1.72 bits per heavy atom. The molecule has 2 aromatic carbocycles. The minimum absolute atomic E-state index is 0.350. The number of tetrazole rings is 1. The van der Waals surface area contributed by atoms with Crippen LogP contribution in [0, 0.1) is 26.6 Å². The van der Waals surface area contributed by atoms with Crippen LogP contribution in [-0.2, 0) is 6.42 Å².